The topological polar surface area (TPSA) is 85.3 Å². The van der Waals surface area contributed by atoms with Crippen molar-refractivity contribution in [1.82, 2.24) is 0 Å². The van der Waals surface area contributed by atoms with Crippen molar-refractivity contribution < 1.29 is 14.3 Å². The summed E-state index contributed by atoms with van der Waals surface area (Å²) in [4.78, 5) is 12.1. The first-order valence-corrected chi connectivity index (χ1v) is 12.3. The van der Waals surface area contributed by atoms with Gasteiger partial charge in [-0.25, -0.2) is 4.79 Å². The van der Waals surface area contributed by atoms with E-state index in [1.165, 1.54) is 6.08 Å². The summed E-state index contributed by atoms with van der Waals surface area (Å²) in [5.74, 6) is 0.143. The molecule has 6 heteroatoms. The van der Waals surface area contributed by atoms with Gasteiger partial charge in [0, 0.05) is 18.2 Å². The largest absolute Gasteiger partial charge is 0.462 e. The zero-order valence-corrected chi connectivity index (χ0v) is 20.2. The molecule has 0 radical (unpaired) electrons. The minimum atomic E-state index is -0.369. The van der Waals surface area contributed by atoms with Crippen molar-refractivity contribution in [3.05, 3.63) is 83.9 Å². The van der Waals surface area contributed by atoms with Gasteiger partial charge in [-0.05, 0) is 70.6 Å². The summed E-state index contributed by atoms with van der Waals surface area (Å²) in [6, 6.07) is 21.0. The molecule has 0 aliphatic rings. The highest BCUT2D eigenvalue weighted by Gasteiger charge is 2.05. The van der Waals surface area contributed by atoms with Gasteiger partial charge in [0.2, 0.25) is 0 Å². The highest BCUT2D eigenvalue weighted by atomic mass is 31.1. The summed E-state index contributed by atoms with van der Waals surface area (Å²) in [6.07, 6.45) is 5.55. The summed E-state index contributed by atoms with van der Waals surface area (Å²) in [6.45, 7) is 6.41. The zero-order valence-electron chi connectivity index (χ0n) is 19.2. The first kappa shape index (κ1) is 25.6. The van der Waals surface area contributed by atoms with Gasteiger partial charge in [-0.3, -0.25) is 0 Å². The summed E-state index contributed by atoms with van der Waals surface area (Å²) in [5.41, 5.74) is 10.6. The first-order valence-electron chi connectivity index (χ1n) is 10.8. The molecule has 2 N–H and O–H groups in total. The highest BCUT2D eigenvalue weighted by Crippen LogP contribution is 2.24. The molecule has 5 nitrogen and oxygen atoms in total. The summed E-state index contributed by atoms with van der Waals surface area (Å²) in [5, 5.41) is 9.74. The number of hydrogen-bond acceptors (Lipinski definition) is 5. The van der Waals surface area contributed by atoms with E-state index >= 15 is 0 Å². The molecule has 0 heterocycles. The van der Waals surface area contributed by atoms with E-state index in [-0.39, 0.29) is 5.97 Å². The number of ether oxygens (including phenoxy) is 2. The quantitative estimate of drug-likeness (QED) is 0.157. The van der Waals surface area contributed by atoms with Gasteiger partial charge in [-0.2, -0.15) is 0 Å². The molecule has 1 unspecified atom stereocenters. The monoisotopic (exact) mass is 460 g/mol. The molecule has 0 aromatic heterocycles. The van der Waals surface area contributed by atoms with Gasteiger partial charge >= 0.3 is 5.97 Å². The number of hydrogen-bond donors (Lipinski definition) is 1. The molecule has 0 aliphatic carbocycles. The van der Waals surface area contributed by atoms with E-state index in [4.69, 9.17) is 20.5 Å². The molecule has 0 fully saturated rings. The Balaban J connectivity index is 0.00000187. The maximum atomic E-state index is 12.1. The lowest BCUT2D eigenvalue weighted by Gasteiger charge is -2.09. The van der Waals surface area contributed by atoms with Crippen LogP contribution in [-0.2, 0) is 16.0 Å². The Labute approximate surface area is 197 Å². The fraction of sp³-hybridized carbons (Fsp3) is 0.185. The number of carbonyl (C=O) groups is 1. The molecular formula is C27H29N2O3P. The molecule has 0 saturated heterocycles. The van der Waals surface area contributed by atoms with Crippen molar-refractivity contribution >= 4 is 31.6 Å². The lowest BCUT2D eigenvalue weighted by atomic mass is 10.0. The third kappa shape index (κ3) is 8.11. The molecular weight excluding hydrogens is 431 g/mol. The van der Waals surface area contributed by atoms with Gasteiger partial charge < -0.3 is 15.2 Å². The molecule has 0 spiro atoms. The average molecular weight is 461 g/mol. The molecule has 3 aromatic rings. The Kier molecular flexibility index (Phi) is 10.7. The first-order chi connectivity index (χ1) is 16.1. The van der Waals surface area contributed by atoms with Crippen LogP contribution in [0.3, 0.4) is 0 Å². The van der Waals surface area contributed by atoms with Crippen LogP contribution in [0.5, 0.6) is 5.75 Å². The number of anilines is 1. The lowest BCUT2D eigenvalue weighted by Crippen LogP contribution is -2.06. The number of nitriles is 1. The maximum absolute atomic E-state index is 12.1. The molecule has 3 rings (SSSR count). The number of nitrogen functional groups attached to an aromatic ring is 1. The average Bonchev–Trinajstić information content (AvgIpc) is 2.84. The molecule has 0 amide bonds. The SMILES string of the molecule is CC.CPc1cc(-c2ccc(OC#N)cc2)ccc1/C=C/C(=O)OCCc1cccc(N)c1. The third-order valence-corrected chi connectivity index (χ3v) is 5.63. The Morgan fingerprint density at radius 1 is 1.06 bits per heavy atom. The van der Waals surface area contributed by atoms with Gasteiger partial charge in [-0.15, -0.1) is 5.26 Å². The Hall–Kier alpha value is -3.61. The normalized spacial score (nSPS) is 10.5. The van der Waals surface area contributed by atoms with E-state index in [1.54, 1.807) is 24.5 Å². The second kappa shape index (κ2) is 13.7. The molecule has 1 atom stereocenters. The second-order valence-corrected chi connectivity index (χ2v) is 7.80. The van der Waals surface area contributed by atoms with Gasteiger partial charge in [0.25, 0.3) is 6.26 Å². The van der Waals surface area contributed by atoms with Crippen molar-refractivity contribution in [2.45, 2.75) is 20.3 Å². The number of benzene rings is 3. The van der Waals surface area contributed by atoms with Gasteiger partial charge in [-0.1, -0.05) is 58.8 Å². The van der Waals surface area contributed by atoms with Crippen LogP contribution in [0.4, 0.5) is 5.69 Å². The van der Waals surface area contributed by atoms with E-state index < -0.39 is 0 Å². The number of carbonyl (C=O) groups excluding carboxylic acids is 1. The molecule has 170 valence electrons. The van der Waals surface area contributed by atoms with Crippen LogP contribution < -0.4 is 15.8 Å². The predicted molar refractivity (Wildman–Crippen MR) is 138 cm³/mol. The van der Waals surface area contributed by atoms with Crippen LogP contribution in [-0.4, -0.2) is 19.2 Å². The standard InChI is InChI=1S/C25H23N2O3P.C2H6/c1-31-24-16-21(19-7-10-23(11-8-19)30-17-26)6-5-20(24)9-12-25(28)29-14-13-18-3-2-4-22(27)15-18;1-2/h2-12,15-16,31H,13-14,27H2,1H3;1-2H3/b12-9+;. The number of esters is 1. The Bertz CT molecular complexity index is 1120. The van der Waals surface area contributed by atoms with Crippen molar-refractivity contribution in [1.29, 1.82) is 5.26 Å². The fourth-order valence-corrected chi connectivity index (χ4v) is 3.85. The zero-order chi connectivity index (χ0) is 24.1. The van der Waals surface area contributed by atoms with Crippen LogP contribution in [0.1, 0.15) is 25.0 Å². The fourth-order valence-electron chi connectivity index (χ4n) is 3.09. The summed E-state index contributed by atoms with van der Waals surface area (Å²) >= 11 is 0. The number of nitrogens with two attached hydrogens (primary N) is 1. The van der Waals surface area contributed by atoms with E-state index in [0.29, 0.717) is 33.0 Å². The van der Waals surface area contributed by atoms with Crippen LogP contribution in [0.25, 0.3) is 17.2 Å². The van der Waals surface area contributed by atoms with E-state index in [1.807, 2.05) is 62.4 Å². The van der Waals surface area contributed by atoms with Crippen molar-refractivity contribution in [2.24, 2.45) is 0 Å². The van der Waals surface area contributed by atoms with Crippen LogP contribution in [0, 0.1) is 11.5 Å². The molecule has 0 saturated carbocycles. The second-order valence-electron chi connectivity index (χ2n) is 6.77. The summed E-state index contributed by atoms with van der Waals surface area (Å²) < 4.78 is 10.1. The predicted octanol–water partition coefficient (Wildman–Crippen LogP) is 5.55. The van der Waals surface area contributed by atoms with E-state index in [0.717, 1.165) is 27.6 Å². The van der Waals surface area contributed by atoms with Crippen molar-refractivity contribution in [2.75, 3.05) is 19.0 Å². The van der Waals surface area contributed by atoms with Crippen LogP contribution >= 0.6 is 8.58 Å². The molecule has 0 bridgehead atoms. The third-order valence-electron chi connectivity index (χ3n) is 4.66. The number of nitrogens with zero attached hydrogens (tertiary/aromatic N) is 1. The lowest BCUT2D eigenvalue weighted by molar-refractivity contribution is -0.137. The molecule has 33 heavy (non-hydrogen) atoms. The minimum Gasteiger partial charge on any atom is -0.462 e. The van der Waals surface area contributed by atoms with E-state index in [2.05, 4.69) is 12.7 Å². The Morgan fingerprint density at radius 2 is 1.79 bits per heavy atom. The molecule has 0 aliphatic heterocycles. The molecule has 3 aromatic carbocycles. The van der Waals surface area contributed by atoms with Gasteiger partial charge in [0.05, 0.1) is 6.61 Å². The van der Waals surface area contributed by atoms with Crippen molar-refractivity contribution in [3.8, 4) is 23.1 Å². The number of rotatable bonds is 8. The van der Waals surface area contributed by atoms with Gasteiger partial charge in [0.1, 0.15) is 5.75 Å². The van der Waals surface area contributed by atoms with Gasteiger partial charge in [0.15, 0.2) is 0 Å². The minimum absolute atomic E-state index is 0.305. The van der Waals surface area contributed by atoms with Crippen molar-refractivity contribution in [3.63, 3.8) is 0 Å². The smallest absolute Gasteiger partial charge is 0.330 e. The van der Waals surface area contributed by atoms with E-state index in [9.17, 15) is 4.79 Å². The summed E-state index contributed by atoms with van der Waals surface area (Å²) in [7, 11) is 0.569. The maximum Gasteiger partial charge on any atom is 0.330 e. The highest BCUT2D eigenvalue weighted by molar-refractivity contribution is 7.46. The van der Waals surface area contributed by atoms with Crippen LogP contribution in [0.15, 0.2) is 72.8 Å². The van der Waals surface area contributed by atoms with Crippen LogP contribution in [0.2, 0.25) is 0 Å². The Morgan fingerprint density at radius 3 is 2.45 bits per heavy atom.